The number of nitrogens with two attached hydrogens (primary N) is 1. The van der Waals surface area contributed by atoms with E-state index in [1.165, 1.54) is 0 Å². The molecule has 0 aliphatic rings. The molecule has 2 atom stereocenters. The Hall–Kier alpha value is -3.58. The van der Waals surface area contributed by atoms with E-state index in [2.05, 4.69) is 5.32 Å². The molecule has 7 heteroatoms. The van der Waals surface area contributed by atoms with Gasteiger partial charge in [0.15, 0.2) is 12.1 Å². The van der Waals surface area contributed by atoms with E-state index in [4.69, 9.17) is 4.74 Å². The molecule has 1 unspecified atom stereocenters. The number of carbonyl (C=O) groups excluding carboxylic acids is 2. The van der Waals surface area contributed by atoms with Crippen LogP contribution < -0.4 is 10.6 Å². The first kappa shape index (κ1) is 27.0. The summed E-state index contributed by atoms with van der Waals surface area (Å²) in [7, 11) is 0. The zero-order valence-corrected chi connectivity index (χ0v) is 20.6. The molecular formula is C29H33F2N2O3+. The second-order valence-corrected chi connectivity index (χ2v) is 8.72. The van der Waals surface area contributed by atoms with Gasteiger partial charge < -0.3 is 15.4 Å². The Balaban J connectivity index is 1.75. The molecule has 0 spiro atoms. The van der Waals surface area contributed by atoms with Crippen LogP contribution in [0.25, 0.3) is 0 Å². The molecule has 5 nitrogen and oxygen atoms in total. The van der Waals surface area contributed by atoms with Crippen molar-refractivity contribution < 1.29 is 28.4 Å². The van der Waals surface area contributed by atoms with E-state index < -0.39 is 29.7 Å². The highest BCUT2D eigenvalue weighted by atomic mass is 19.1. The maximum Gasteiger partial charge on any atom is 0.333 e. The van der Waals surface area contributed by atoms with Gasteiger partial charge in [0.25, 0.3) is 0 Å². The smallest absolute Gasteiger partial charge is 0.333 e. The third-order valence-corrected chi connectivity index (χ3v) is 6.21. The van der Waals surface area contributed by atoms with Gasteiger partial charge in [0.2, 0.25) is 5.78 Å². The minimum absolute atomic E-state index is 0.00202. The van der Waals surface area contributed by atoms with Crippen molar-refractivity contribution in [2.45, 2.75) is 38.8 Å². The van der Waals surface area contributed by atoms with Gasteiger partial charge in [-0.3, -0.25) is 4.79 Å². The Morgan fingerprint density at radius 3 is 2.06 bits per heavy atom. The lowest BCUT2D eigenvalue weighted by Gasteiger charge is -2.27. The van der Waals surface area contributed by atoms with Gasteiger partial charge in [-0.15, -0.1) is 0 Å². The van der Waals surface area contributed by atoms with Gasteiger partial charge in [0, 0.05) is 23.2 Å². The number of Topliss-reactive ketones (excluding diaryl/α,β-unsaturated/α-hetero) is 1. The SMILES string of the molecule is CCC(CC)[C@H](C[NH2+]CC(=O)c1ccccc1)OC(=O)C(Nc1cc(F)cc(F)c1)c1ccccc1. The topological polar surface area (TPSA) is 72.0 Å². The molecule has 3 rings (SSSR count). The summed E-state index contributed by atoms with van der Waals surface area (Å²) in [5, 5.41) is 4.79. The molecular weight excluding hydrogens is 462 g/mol. The number of hydrogen-bond acceptors (Lipinski definition) is 4. The molecule has 0 radical (unpaired) electrons. The van der Waals surface area contributed by atoms with Gasteiger partial charge in [0.1, 0.15) is 24.7 Å². The Morgan fingerprint density at radius 2 is 1.47 bits per heavy atom. The molecule has 0 bridgehead atoms. The Morgan fingerprint density at radius 1 is 0.889 bits per heavy atom. The number of rotatable bonds is 13. The van der Waals surface area contributed by atoms with Crippen molar-refractivity contribution in [3.63, 3.8) is 0 Å². The number of carbonyl (C=O) groups is 2. The average Bonchev–Trinajstić information content (AvgIpc) is 2.88. The highest BCUT2D eigenvalue weighted by Crippen LogP contribution is 2.25. The number of halogens is 2. The van der Waals surface area contributed by atoms with Crippen LogP contribution in [-0.4, -0.2) is 30.9 Å². The summed E-state index contributed by atoms with van der Waals surface area (Å²) in [5.41, 5.74) is 1.39. The second-order valence-electron chi connectivity index (χ2n) is 8.72. The van der Waals surface area contributed by atoms with Crippen LogP contribution in [0.2, 0.25) is 0 Å². The third kappa shape index (κ3) is 7.71. The Labute approximate surface area is 210 Å². The van der Waals surface area contributed by atoms with Crippen molar-refractivity contribution in [2.24, 2.45) is 5.92 Å². The van der Waals surface area contributed by atoms with Crippen LogP contribution in [0.1, 0.15) is 48.7 Å². The van der Waals surface area contributed by atoms with Crippen LogP contribution in [0.3, 0.4) is 0 Å². The predicted octanol–water partition coefficient (Wildman–Crippen LogP) is 4.91. The summed E-state index contributed by atoms with van der Waals surface area (Å²) >= 11 is 0. The van der Waals surface area contributed by atoms with E-state index in [0.29, 0.717) is 17.7 Å². The minimum Gasteiger partial charge on any atom is -0.454 e. The molecule has 3 N–H and O–H groups in total. The van der Waals surface area contributed by atoms with E-state index >= 15 is 0 Å². The van der Waals surface area contributed by atoms with Gasteiger partial charge in [0.05, 0.1) is 0 Å². The van der Waals surface area contributed by atoms with Crippen LogP contribution in [0.5, 0.6) is 0 Å². The molecule has 3 aromatic rings. The largest absolute Gasteiger partial charge is 0.454 e. The molecule has 0 saturated heterocycles. The maximum atomic E-state index is 13.8. The molecule has 0 saturated carbocycles. The number of quaternary nitrogens is 1. The molecule has 0 aromatic heterocycles. The monoisotopic (exact) mass is 495 g/mol. The van der Waals surface area contributed by atoms with E-state index in [1.54, 1.807) is 36.4 Å². The first-order valence-electron chi connectivity index (χ1n) is 12.3. The van der Waals surface area contributed by atoms with Crippen molar-refractivity contribution in [3.05, 3.63) is 102 Å². The van der Waals surface area contributed by atoms with Crippen molar-refractivity contribution in [1.29, 1.82) is 0 Å². The fourth-order valence-electron chi connectivity index (χ4n) is 4.22. The van der Waals surface area contributed by atoms with Gasteiger partial charge in [-0.05, 0) is 30.5 Å². The molecule has 0 amide bonds. The molecule has 190 valence electrons. The van der Waals surface area contributed by atoms with Crippen molar-refractivity contribution in [1.82, 2.24) is 0 Å². The normalized spacial score (nSPS) is 12.7. The number of anilines is 1. The summed E-state index contributed by atoms with van der Waals surface area (Å²) in [5.74, 6) is -1.94. The molecule has 3 aromatic carbocycles. The van der Waals surface area contributed by atoms with E-state index in [9.17, 15) is 18.4 Å². The number of ether oxygens (including phenoxy) is 1. The zero-order chi connectivity index (χ0) is 25.9. The highest BCUT2D eigenvalue weighted by molar-refractivity contribution is 5.96. The van der Waals surface area contributed by atoms with E-state index in [0.717, 1.165) is 31.0 Å². The van der Waals surface area contributed by atoms with Gasteiger partial charge in [-0.1, -0.05) is 74.5 Å². The fraction of sp³-hybridized carbons (Fsp3) is 0.310. The van der Waals surface area contributed by atoms with Gasteiger partial charge in [-0.25, -0.2) is 13.6 Å². The summed E-state index contributed by atoms with van der Waals surface area (Å²) < 4.78 is 33.6. The maximum absolute atomic E-state index is 13.8. The molecule has 36 heavy (non-hydrogen) atoms. The van der Waals surface area contributed by atoms with Crippen LogP contribution in [-0.2, 0) is 9.53 Å². The zero-order valence-electron chi connectivity index (χ0n) is 20.6. The quantitative estimate of drug-likeness (QED) is 0.261. The van der Waals surface area contributed by atoms with Crippen molar-refractivity contribution in [3.8, 4) is 0 Å². The molecule has 0 fully saturated rings. The number of hydrogen-bond donors (Lipinski definition) is 2. The average molecular weight is 496 g/mol. The second kappa shape index (κ2) is 13.5. The Kier molecular flexibility index (Phi) is 10.1. The van der Waals surface area contributed by atoms with Crippen LogP contribution in [0, 0.1) is 17.6 Å². The van der Waals surface area contributed by atoms with Gasteiger partial charge in [-0.2, -0.15) is 0 Å². The lowest BCUT2D eigenvalue weighted by Crippen LogP contribution is -2.88. The van der Waals surface area contributed by atoms with E-state index in [-0.39, 0.29) is 23.9 Å². The standard InChI is InChI=1S/C29H32F2N2O3/c1-3-20(4-2)27(19-32-18-26(34)21-11-7-5-8-12-21)36-29(35)28(22-13-9-6-10-14-22)33-25-16-23(30)15-24(31)17-25/h5-17,20,27-28,32-33H,3-4,18-19H2,1-2H3/p+1/t27-,28?/m0/s1. The molecule has 0 heterocycles. The number of nitrogens with one attached hydrogen (secondary N) is 1. The highest BCUT2D eigenvalue weighted by Gasteiger charge is 2.30. The van der Waals surface area contributed by atoms with Crippen LogP contribution >= 0.6 is 0 Å². The minimum atomic E-state index is -0.963. The van der Waals surface area contributed by atoms with Crippen LogP contribution in [0.15, 0.2) is 78.9 Å². The lowest BCUT2D eigenvalue weighted by molar-refractivity contribution is -0.650. The van der Waals surface area contributed by atoms with Crippen molar-refractivity contribution >= 4 is 17.4 Å². The summed E-state index contributed by atoms with van der Waals surface area (Å²) in [6.07, 6.45) is 1.16. The molecule has 0 aliphatic carbocycles. The number of ketones is 1. The van der Waals surface area contributed by atoms with E-state index in [1.807, 2.05) is 43.4 Å². The number of esters is 1. The Bertz CT molecular complexity index is 1100. The van der Waals surface area contributed by atoms with Crippen LogP contribution in [0.4, 0.5) is 14.5 Å². The number of benzene rings is 3. The summed E-state index contributed by atoms with van der Waals surface area (Å²) in [6.45, 7) is 4.73. The predicted molar refractivity (Wildman–Crippen MR) is 136 cm³/mol. The van der Waals surface area contributed by atoms with Gasteiger partial charge >= 0.3 is 5.97 Å². The summed E-state index contributed by atoms with van der Waals surface area (Å²) in [4.78, 5) is 25.9. The lowest BCUT2D eigenvalue weighted by atomic mass is 9.96. The molecule has 0 aliphatic heterocycles. The summed E-state index contributed by atoms with van der Waals surface area (Å²) in [6, 6.07) is 20.0. The third-order valence-electron chi connectivity index (χ3n) is 6.21. The van der Waals surface area contributed by atoms with Crippen molar-refractivity contribution in [2.75, 3.05) is 18.4 Å². The fourth-order valence-corrected chi connectivity index (χ4v) is 4.22. The first-order valence-corrected chi connectivity index (χ1v) is 12.3. The first-order chi connectivity index (χ1) is 17.4.